The summed E-state index contributed by atoms with van der Waals surface area (Å²) in [6, 6.07) is 0. The molecule has 0 spiro atoms. The van der Waals surface area contributed by atoms with Gasteiger partial charge in [-0.3, -0.25) is 0 Å². The molecule has 1 aliphatic carbocycles. The highest BCUT2D eigenvalue weighted by molar-refractivity contribution is 5.98. The average Bonchev–Trinajstić information content (AvgIpc) is 2.38. The smallest absolute Gasteiger partial charge is 0.247 e. The van der Waals surface area contributed by atoms with E-state index in [1.54, 1.807) is 0 Å². The Morgan fingerprint density at radius 3 is 2.70 bits per heavy atom. The van der Waals surface area contributed by atoms with Crippen LogP contribution in [0.5, 0.6) is 0 Å². The van der Waals surface area contributed by atoms with Gasteiger partial charge in [-0.1, -0.05) is 18.2 Å². The van der Waals surface area contributed by atoms with Crippen LogP contribution in [-0.4, -0.2) is 16.1 Å². The summed E-state index contributed by atoms with van der Waals surface area (Å²) in [7, 11) is 3.06. The summed E-state index contributed by atoms with van der Waals surface area (Å²) in [6.45, 7) is 4.08. The predicted octanol–water partition coefficient (Wildman–Crippen LogP) is 1.75. The van der Waals surface area contributed by atoms with Crippen LogP contribution in [0.3, 0.4) is 0 Å². The molecule has 53 valence electrons. The first kappa shape index (κ1) is 7.76. The van der Waals surface area contributed by atoms with Gasteiger partial charge >= 0.3 is 0 Å². The van der Waals surface area contributed by atoms with Gasteiger partial charge in [0.1, 0.15) is 0 Å². The molecule has 0 aromatic rings. The van der Waals surface area contributed by atoms with E-state index in [1.807, 2.05) is 13.8 Å². The molecule has 0 saturated carbocycles. The molecule has 0 amide bonds. The van der Waals surface area contributed by atoms with Crippen LogP contribution in [0.1, 0.15) is 20.3 Å². The van der Waals surface area contributed by atoms with E-state index in [0.29, 0.717) is 0 Å². The molecule has 0 unspecified atom stereocenters. The van der Waals surface area contributed by atoms with Crippen LogP contribution in [0, 0.1) is 0 Å². The van der Waals surface area contributed by atoms with E-state index in [0.717, 1.165) is 6.42 Å². The number of hydrogen-bond acceptors (Lipinski definition) is 1. The highest BCUT2D eigenvalue weighted by Gasteiger charge is 2.21. The van der Waals surface area contributed by atoms with Gasteiger partial charge in [-0.2, -0.15) is 0 Å². The third kappa shape index (κ3) is 1.38. The zero-order chi connectivity index (χ0) is 7.61. The summed E-state index contributed by atoms with van der Waals surface area (Å²) in [5.74, 6) is 0. The van der Waals surface area contributed by atoms with Crippen molar-refractivity contribution in [2.24, 2.45) is 0 Å². The summed E-state index contributed by atoms with van der Waals surface area (Å²) in [5.41, 5.74) is 1.14. The van der Waals surface area contributed by atoms with Crippen molar-refractivity contribution in [2.45, 2.75) is 25.9 Å². The molecular formula is C8H11OSi. The maximum absolute atomic E-state index is 5.12. The van der Waals surface area contributed by atoms with E-state index in [9.17, 15) is 0 Å². The highest BCUT2D eigenvalue weighted by Crippen LogP contribution is 2.25. The third-order valence-corrected chi connectivity index (χ3v) is 2.31. The fourth-order valence-electron chi connectivity index (χ4n) is 0.959. The molecule has 1 nitrogen and oxygen atoms in total. The van der Waals surface area contributed by atoms with Gasteiger partial charge in [-0.25, -0.2) is 0 Å². The Bertz CT molecular complexity index is 180. The number of rotatable bonds is 2. The summed E-state index contributed by atoms with van der Waals surface area (Å²) in [5, 5.41) is 0. The topological polar surface area (TPSA) is 9.23 Å². The summed E-state index contributed by atoms with van der Waals surface area (Å²) < 4.78 is 5.12. The number of hydrogen-bond donors (Lipinski definition) is 0. The molecule has 2 heteroatoms. The standard InChI is InChI=1S/C8H11OSi/c1-8(2,9-10)7-5-3-4-6-7/h3-5H,6H2,1-2H3. The first-order valence-electron chi connectivity index (χ1n) is 3.38. The van der Waals surface area contributed by atoms with Crippen molar-refractivity contribution >= 4 is 10.5 Å². The van der Waals surface area contributed by atoms with Gasteiger partial charge in [0, 0.05) is 0 Å². The van der Waals surface area contributed by atoms with Gasteiger partial charge in [-0.15, -0.1) is 0 Å². The molecule has 0 atom stereocenters. The first-order valence-corrected chi connectivity index (χ1v) is 3.78. The summed E-state index contributed by atoms with van der Waals surface area (Å²) in [4.78, 5) is 0. The molecule has 0 aromatic carbocycles. The molecule has 0 N–H and O–H groups in total. The van der Waals surface area contributed by atoms with Gasteiger partial charge in [-0.05, 0) is 25.8 Å². The Morgan fingerprint density at radius 2 is 2.30 bits per heavy atom. The minimum Gasteiger partial charge on any atom is -0.410 e. The molecular weight excluding hydrogens is 140 g/mol. The molecule has 1 aliphatic rings. The molecule has 0 heterocycles. The molecule has 0 fully saturated rings. The molecule has 0 aromatic heterocycles. The Labute approximate surface area is 65.3 Å². The van der Waals surface area contributed by atoms with E-state index in [2.05, 4.69) is 28.7 Å². The van der Waals surface area contributed by atoms with Crippen molar-refractivity contribution in [3.8, 4) is 0 Å². The lowest BCUT2D eigenvalue weighted by atomic mass is 9.98. The van der Waals surface area contributed by atoms with E-state index in [4.69, 9.17) is 4.43 Å². The van der Waals surface area contributed by atoms with Gasteiger partial charge in [0.2, 0.25) is 10.5 Å². The lowest BCUT2D eigenvalue weighted by Crippen LogP contribution is -2.25. The quantitative estimate of drug-likeness (QED) is 0.546. The van der Waals surface area contributed by atoms with Crippen molar-refractivity contribution in [2.75, 3.05) is 0 Å². The second-order valence-corrected chi connectivity index (χ2v) is 3.14. The van der Waals surface area contributed by atoms with Crippen LogP contribution < -0.4 is 0 Å². The Morgan fingerprint density at radius 1 is 1.60 bits per heavy atom. The van der Waals surface area contributed by atoms with Crippen molar-refractivity contribution in [1.29, 1.82) is 0 Å². The van der Waals surface area contributed by atoms with Gasteiger partial charge in [0.25, 0.3) is 0 Å². The third-order valence-electron chi connectivity index (χ3n) is 1.80. The van der Waals surface area contributed by atoms with Crippen molar-refractivity contribution in [3.63, 3.8) is 0 Å². The molecule has 10 heavy (non-hydrogen) atoms. The zero-order valence-electron chi connectivity index (χ0n) is 6.35. The van der Waals surface area contributed by atoms with E-state index >= 15 is 0 Å². The average molecular weight is 151 g/mol. The van der Waals surface area contributed by atoms with Gasteiger partial charge in [0.15, 0.2) is 0 Å². The monoisotopic (exact) mass is 151 g/mol. The van der Waals surface area contributed by atoms with Crippen molar-refractivity contribution in [3.05, 3.63) is 23.8 Å². The molecule has 3 radical (unpaired) electrons. The van der Waals surface area contributed by atoms with Crippen LogP contribution in [0.25, 0.3) is 0 Å². The van der Waals surface area contributed by atoms with Gasteiger partial charge in [0.05, 0.1) is 5.60 Å². The molecule has 0 aliphatic heterocycles. The minimum atomic E-state index is -0.166. The Kier molecular flexibility index (Phi) is 2.11. The van der Waals surface area contributed by atoms with Crippen molar-refractivity contribution < 1.29 is 4.43 Å². The largest absolute Gasteiger partial charge is 0.410 e. The SMILES string of the molecule is CC(C)(O[Si])C1=CC=CC1. The maximum atomic E-state index is 5.12. The van der Waals surface area contributed by atoms with Crippen LogP contribution in [0.2, 0.25) is 0 Å². The summed E-state index contributed by atoms with van der Waals surface area (Å²) >= 11 is 0. The normalized spacial score (nSPS) is 17.7. The molecule has 0 bridgehead atoms. The van der Waals surface area contributed by atoms with Crippen LogP contribution in [0.15, 0.2) is 23.8 Å². The van der Waals surface area contributed by atoms with E-state index < -0.39 is 0 Å². The first-order chi connectivity index (χ1) is 4.67. The molecule has 0 saturated heterocycles. The van der Waals surface area contributed by atoms with Crippen molar-refractivity contribution in [1.82, 2.24) is 0 Å². The number of allylic oxidation sites excluding steroid dienone is 3. The fourth-order valence-corrected chi connectivity index (χ4v) is 1.09. The molecule has 1 rings (SSSR count). The second-order valence-electron chi connectivity index (χ2n) is 2.94. The maximum Gasteiger partial charge on any atom is 0.247 e. The fraction of sp³-hybridized carbons (Fsp3) is 0.500. The lowest BCUT2D eigenvalue weighted by Gasteiger charge is -2.24. The minimum absolute atomic E-state index is 0.166. The van der Waals surface area contributed by atoms with Crippen LogP contribution >= 0.6 is 0 Å². The van der Waals surface area contributed by atoms with E-state index in [1.165, 1.54) is 5.57 Å². The summed E-state index contributed by atoms with van der Waals surface area (Å²) in [6.07, 6.45) is 7.29. The zero-order valence-corrected chi connectivity index (χ0v) is 7.35. The highest BCUT2D eigenvalue weighted by atomic mass is 28.2. The Hall–Kier alpha value is -0.343. The second kappa shape index (κ2) is 2.72. The lowest BCUT2D eigenvalue weighted by molar-refractivity contribution is 0.164. The van der Waals surface area contributed by atoms with E-state index in [-0.39, 0.29) is 5.60 Å². The Balaban J connectivity index is 2.65. The predicted molar refractivity (Wildman–Crippen MR) is 42.8 cm³/mol. The van der Waals surface area contributed by atoms with Crippen LogP contribution in [-0.2, 0) is 4.43 Å². The van der Waals surface area contributed by atoms with Crippen LogP contribution in [0.4, 0.5) is 0 Å². The van der Waals surface area contributed by atoms with Gasteiger partial charge < -0.3 is 4.43 Å².